The maximum Gasteiger partial charge on any atom is 0.343 e. The molecule has 1 aromatic carbocycles. The van der Waals surface area contributed by atoms with Crippen LogP contribution in [0.5, 0.6) is 0 Å². The van der Waals surface area contributed by atoms with Gasteiger partial charge in [0.2, 0.25) is 6.17 Å². The highest BCUT2D eigenvalue weighted by Gasteiger charge is 2.19. The number of alkyl halides is 1. The Morgan fingerprint density at radius 3 is 2.80 bits per heavy atom. The molecule has 1 aromatic rings. The molecule has 1 atom stereocenters. The minimum absolute atomic E-state index is 0.0768. The standard InChI is InChI=1S/C10H10ClFO2S/c1-2-15-8-4-3-6(5-7(8)11)9(12)10(13)14/h3-5,9H,2H2,1H3,(H,13,14). The average Bonchev–Trinajstić information content (AvgIpc) is 2.20. The van der Waals surface area contributed by atoms with Gasteiger partial charge in [0.25, 0.3) is 0 Å². The highest BCUT2D eigenvalue weighted by atomic mass is 35.5. The predicted octanol–water partition coefficient (Wildman–Crippen LogP) is 3.55. The van der Waals surface area contributed by atoms with E-state index in [1.807, 2.05) is 6.92 Å². The molecule has 0 bridgehead atoms. The van der Waals surface area contributed by atoms with Crippen LogP contribution < -0.4 is 0 Å². The fourth-order valence-corrected chi connectivity index (χ4v) is 2.11. The van der Waals surface area contributed by atoms with Gasteiger partial charge in [0, 0.05) is 4.90 Å². The molecule has 0 spiro atoms. The largest absolute Gasteiger partial charge is 0.479 e. The van der Waals surface area contributed by atoms with Gasteiger partial charge in [-0.3, -0.25) is 0 Å². The fraction of sp³-hybridized carbons (Fsp3) is 0.300. The zero-order valence-electron chi connectivity index (χ0n) is 8.04. The van der Waals surface area contributed by atoms with Crippen molar-refractivity contribution >= 4 is 29.3 Å². The molecule has 0 saturated carbocycles. The number of carbonyl (C=O) groups is 1. The Morgan fingerprint density at radius 2 is 2.33 bits per heavy atom. The Bertz CT molecular complexity index is 370. The summed E-state index contributed by atoms with van der Waals surface area (Å²) in [6.07, 6.45) is -2.01. The third-order valence-corrected chi connectivity index (χ3v) is 3.15. The van der Waals surface area contributed by atoms with E-state index in [1.54, 1.807) is 6.07 Å². The van der Waals surface area contributed by atoms with Gasteiger partial charge in [0.05, 0.1) is 5.02 Å². The van der Waals surface area contributed by atoms with Gasteiger partial charge < -0.3 is 5.11 Å². The molecule has 0 radical (unpaired) electrons. The highest BCUT2D eigenvalue weighted by Crippen LogP contribution is 2.30. The SMILES string of the molecule is CCSc1ccc(C(F)C(=O)O)cc1Cl. The molecule has 0 aliphatic heterocycles. The summed E-state index contributed by atoms with van der Waals surface area (Å²) in [4.78, 5) is 11.2. The second kappa shape index (κ2) is 5.37. The van der Waals surface area contributed by atoms with Crippen molar-refractivity contribution < 1.29 is 14.3 Å². The minimum atomic E-state index is -2.01. The zero-order valence-corrected chi connectivity index (χ0v) is 9.61. The summed E-state index contributed by atoms with van der Waals surface area (Å²) >= 11 is 7.41. The predicted molar refractivity (Wildman–Crippen MR) is 59.3 cm³/mol. The number of benzene rings is 1. The fourth-order valence-electron chi connectivity index (χ4n) is 1.09. The topological polar surface area (TPSA) is 37.3 Å². The van der Waals surface area contributed by atoms with Crippen molar-refractivity contribution in [3.63, 3.8) is 0 Å². The van der Waals surface area contributed by atoms with Crippen molar-refractivity contribution in [3.8, 4) is 0 Å². The molecule has 0 amide bonds. The molecular weight excluding hydrogens is 239 g/mol. The van der Waals surface area contributed by atoms with Crippen LogP contribution in [0.3, 0.4) is 0 Å². The van der Waals surface area contributed by atoms with Gasteiger partial charge in [-0.2, -0.15) is 0 Å². The van der Waals surface area contributed by atoms with Crippen LogP contribution in [0, 0.1) is 0 Å². The molecule has 1 N–H and O–H groups in total. The van der Waals surface area contributed by atoms with Gasteiger partial charge in [0.1, 0.15) is 0 Å². The van der Waals surface area contributed by atoms with Crippen LogP contribution in [0.25, 0.3) is 0 Å². The van der Waals surface area contributed by atoms with Crippen LogP contribution in [0.15, 0.2) is 23.1 Å². The normalized spacial score (nSPS) is 12.5. The number of thioether (sulfide) groups is 1. The molecule has 0 fully saturated rings. The summed E-state index contributed by atoms with van der Waals surface area (Å²) in [5, 5.41) is 8.87. The molecule has 1 unspecified atom stereocenters. The lowest BCUT2D eigenvalue weighted by Gasteiger charge is -2.06. The lowest BCUT2D eigenvalue weighted by atomic mass is 10.1. The van der Waals surface area contributed by atoms with E-state index in [1.165, 1.54) is 23.9 Å². The second-order valence-corrected chi connectivity index (χ2v) is 4.54. The average molecular weight is 249 g/mol. The highest BCUT2D eigenvalue weighted by molar-refractivity contribution is 7.99. The van der Waals surface area contributed by atoms with Crippen molar-refractivity contribution in [3.05, 3.63) is 28.8 Å². The van der Waals surface area contributed by atoms with Crippen LogP contribution in [0.4, 0.5) is 4.39 Å². The summed E-state index contributed by atoms with van der Waals surface area (Å²) in [6.45, 7) is 1.98. The van der Waals surface area contributed by atoms with Gasteiger partial charge >= 0.3 is 5.97 Å². The molecule has 0 heterocycles. The quantitative estimate of drug-likeness (QED) is 0.828. The Hall–Kier alpha value is -0.740. The smallest absolute Gasteiger partial charge is 0.343 e. The van der Waals surface area contributed by atoms with Gasteiger partial charge in [-0.1, -0.05) is 24.6 Å². The van der Waals surface area contributed by atoms with Gasteiger partial charge in [-0.15, -0.1) is 11.8 Å². The van der Waals surface area contributed by atoms with Gasteiger partial charge in [-0.05, 0) is 23.4 Å². The van der Waals surface area contributed by atoms with E-state index < -0.39 is 12.1 Å². The molecule has 5 heteroatoms. The Labute approximate surface area is 96.4 Å². The summed E-state index contributed by atoms with van der Waals surface area (Å²) in [6, 6.07) is 4.45. The molecule has 1 rings (SSSR count). The first-order valence-corrected chi connectivity index (χ1v) is 5.71. The van der Waals surface area contributed by atoms with Crippen molar-refractivity contribution in [2.75, 3.05) is 5.75 Å². The maximum absolute atomic E-state index is 13.1. The minimum Gasteiger partial charge on any atom is -0.479 e. The number of carboxylic acid groups (broad SMARTS) is 1. The van der Waals surface area contributed by atoms with Crippen LogP contribution >= 0.6 is 23.4 Å². The van der Waals surface area contributed by atoms with E-state index in [-0.39, 0.29) is 5.56 Å². The Morgan fingerprint density at radius 1 is 1.67 bits per heavy atom. The molecule has 0 aliphatic carbocycles. The van der Waals surface area contributed by atoms with E-state index in [0.29, 0.717) is 5.02 Å². The Balaban J connectivity index is 2.95. The van der Waals surface area contributed by atoms with E-state index in [2.05, 4.69) is 0 Å². The van der Waals surface area contributed by atoms with E-state index in [4.69, 9.17) is 16.7 Å². The summed E-state index contributed by atoms with van der Waals surface area (Å²) in [5.74, 6) is -0.640. The second-order valence-electron chi connectivity index (χ2n) is 2.82. The van der Waals surface area contributed by atoms with Crippen molar-refractivity contribution in [1.82, 2.24) is 0 Å². The van der Waals surface area contributed by atoms with E-state index in [9.17, 15) is 9.18 Å². The van der Waals surface area contributed by atoms with Crippen LogP contribution in [0.2, 0.25) is 5.02 Å². The molecule has 82 valence electrons. The number of aliphatic carboxylic acids is 1. The van der Waals surface area contributed by atoms with Crippen molar-refractivity contribution in [2.45, 2.75) is 18.0 Å². The number of hydrogen-bond donors (Lipinski definition) is 1. The van der Waals surface area contributed by atoms with E-state index in [0.717, 1.165) is 10.6 Å². The summed E-state index contributed by atoms with van der Waals surface area (Å²) < 4.78 is 13.1. The van der Waals surface area contributed by atoms with Crippen LogP contribution in [-0.4, -0.2) is 16.8 Å². The number of halogens is 2. The molecule has 2 nitrogen and oxygen atoms in total. The molecule has 15 heavy (non-hydrogen) atoms. The van der Waals surface area contributed by atoms with Gasteiger partial charge in [0.15, 0.2) is 0 Å². The molecule has 0 saturated heterocycles. The molecular formula is C10H10ClFO2S. The van der Waals surface area contributed by atoms with Gasteiger partial charge in [-0.25, -0.2) is 9.18 Å². The first-order chi connectivity index (χ1) is 7.06. The van der Waals surface area contributed by atoms with E-state index >= 15 is 0 Å². The maximum atomic E-state index is 13.1. The first kappa shape index (κ1) is 12.3. The number of hydrogen-bond acceptors (Lipinski definition) is 2. The third kappa shape index (κ3) is 3.11. The lowest BCUT2D eigenvalue weighted by molar-refractivity contribution is -0.143. The van der Waals surface area contributed by atoms with Crippen molar-refractivity contribution in [1.29, 1.82) is 0 Å². The third-order valence-electron chi connectivity index (χ3n) is 1.77. The number of rotatable bonds is 4. The summed E-state index contributed by atoms with van der Waals surface area (Å²) in [7, 11) is 0. The zero-order chi connectivity index (χ0) is 11.4. The lowest BCUT2D eigenvalue weighted by Crippen LogP contribution is -2.05. The van der Waals surface area contributed by atoms with Crippen LogP contribution in [-0.2, 0) is 4.79 Å². The first-order valence-electron chi connectivity index (χ1n) is 4.35. The van der Waals surface area contributed by atoms with Crippen molar-refractivity contribution in [2.24, 2.45) is 0 Å². The number of carboxylic acids is 1. The molecule has 0 aromatic heterocycles. The monoisotopic (exact) mass is 248 g/mol. The molecule has 0 aliphatic rings. The Kier molecular flexibility index (Phi) is 4.42. The van der Waals surface area contributed by atoms with Crippen LogP contribution in [0.1, 0.15) is 18.7 Å². The summed E-state index contributed by atoms with van der Waals surface area (Å²) in [5.41, 5.74) is 0.0768.